The molecule has 2 heterocycles. The van der Waals surface area contributed by atoms with Gasteiger partial charge in [-0.15, -0.1) is 0 Å². The predicted molar refractivity (Wildman–Crippen MR) is 113 cm³/mol. The SMILES string of the molecule is Cc1cc(C)c(Nc2nccc(C(=O)N3c4ccccc4CC3C)n2)c(Cl)c1. The number of carbonyl (C=O) groups is 1. The van der Waals surface area contributed by atoms with E-state index < -0.39 is 0 Å². The van der Waals surface area contributed by atoms with Crippen molar-refractivity contribution in [1.29, 1.82) is 0 Å². The first-order chi connectivity index (χ1) is 13.4. The number of aryl methyl sites for hydroxylation is 2. The summed E-state index contributed by atoms with van der Waals surface area (Å²) in [6, 6.07) is 13.6. The molecule has 5 nitrogen and oxygen atoms in total. The number of para-hydroxylation sites is 1. The summed E-state index contributed by atoms with van der Waals surface area (Å²) in [6.07, 6.45) is 2.43. The Bertz CT molecular complexity index is 1040. The van der Waals surface area contributed by atoms with Crippen LogP contribution in [-0.4, -0.2) is 21.9 Å². The van der Waals surface area contributed by atoms with E-state index in [0.717, 1.165) is 28.9 Å². The van der Waals surface area contributed by atoms with Crippen LogP contribution in [0.15, 0.2) is 48.7 Å². The molecule has 0 saturated heterocycles. The molecule has 1 N–H and O–H groups in total. The van der Waals surface area contributed by atoms with Crippen molar-refractivity contribution in [3.8, 4) is 0 Å². The number of benzene rings is 2. The van der Waals surface area contributed by atoms with Crippen LogP contribution in [0.5, 0.6) is 0 Å². The average molecular weight is 393 g/mol. The summed E-state index contributed by atoms with van der Waals surface area (Å²) < 4.78 is 0. The van der Waals surface area contributed by atoms with Crippen LogP contribution < -0.4 is 10.2 Å². The summed E-state index contributed by atoms with van der Waals surface area (Å²) in [5.74, 6) is 0.217. The monoisotopic (exact) mass is 392 g/mol. The molecule has 0 aliphatic carbocycles. The van der Waals surface area contributed by atoms with E-state index in [1.165, 1.54) is 5.56 Å². The van der Waals surface area contributed by atoms with Gasteiger partial charge in [0.2, 0.25) is 5.95 Å². The number of rotatable bonds is 3. The van der Waals surface area contributed by atoms with Gasteiger partial charge in [-0.05, 0) is 62.1 Å². The molecule has 142 valence electrons. The van der Waals surface area contributed by atoms with Crippen LogP contribution >= 0.6 is 11.6 Å². The highest BCUT2D eigenvalue weighted by molar-refractivity contribution is 6.33. The number of anilines is 3. The maximum Gasteiger partial charge on any atom is 0.277 e. The molecule has 4 rings (SSSR count). The van der Waals surface area contributed by atoms with Crippen LogP contribution in [0.25, 0.3) is 0 Å². The predicted octanol–water partition coefficient (Wildman–Crippen LogP) is 5.08. The van der Waals surface area contributed by atoms with Crippen molar-refractivity contribution in [2.45, 2.75) is 33.2 Å². The summed E-state index contributed by atoms with van der Waals surface area (Å²) in [4.78, 5) is 23.7. The van der Waals surface area contributed by atoms with E-state index >= 15 is 0 Å². The Balaban J connectivity index is 1.64. The zero-order valence-electron chi connectivity index (χ0n) is 16.0. The maximum absolute atomic E-state index is 13.2. The van der Waals surface area contributed by atoms with Crippen molar-refractivity contribution >= 4 is 34.8 Å². The molecule has 1 atom stereocenters. The van der Waals surface area contributed by atoms with Gasteiger partial charge in [-0.1, -0.05) is 35.9 Å². The number of fused-ring (bicyclic) bond motifs is 1. The average Bonchev–Trinajstić information content (AvgIpc) is 3.00. The number of hydrogen-bond donors (Lipinski definition) is 1. The van der Waals surface area contributed by atoms with Crippen molar-refractivity contribution in [2.75, 3.05) is 10.2 Å². The first kappa shape index (κ1) is 18.4. The van der Waals surface area contributed by atoms with E-state index in [1.54, 1.807) is 12.3 Å². The van der Waals surface area contributed by atoms with E-state index in [1.807, 2.05) is 56.0 Å². The van der Waals surface area contributed by atoms with Crippen molar-refractivity contribution in [3.63, 3.8) is 0 Å². The van der Waals surface area contributed by atoms with Gasteiger partial charge in [0.05, 0.1) is 10.7 Å². The van der Waals surface area contributed by atoms with E-state index in [0.29, 0.717) is 16.7 Å². The molecule has 0 radical (unpaired) electrons. The summed E-state index contributed by atoms with van der Waals surface area (Å²) >= 11 is 6.37. The van der Waals surface area contributed by atoms with Gasteiger partial charge >= 0.3 is 0 Å². The topological polar surface area (TPSA) is 58.1 Å². The third-order valence-corrected chi connectivity index (χ3v) is 5.27. The van der Waals surface area contributed by atoms with Crippen LogP contribution in [0.3, 0.4) is 0 Å². The molecular formula is C22H21ClN4O. The number of amides is 1. The summed E-state index contributed by atoms with van der Waals surface area (Å²) in [5, 5.41) is 3.76. The lowest BCUT2D eigenvalue weighted by molar-refractivity contribution is 0.0976. The molecule has 1 amide bonds. The number of aromatic nitrogens is 2. The summed E-state index contributed by atoms with van der Waals surface area (Å²) in [6.45, 7) is 6.01. The highest BCUT2D eigenvalue weighted by Crippen LogP contribution is 2.33. The van der Waals surface area contributed by atoms with Crippen molar-refractivity contribution in [1.82, 2.24) is 9.97 Å². The largest absolute Gasteiger partial charge is 0.323 e. The molecule has 0 fully saturated rings. The smallest absolute Gasteiger partial charge is 0.277 e. The van der Waals surface area contributed by atoms with Gasteiger partial charge in [-0.25, -0.2) is 9.97 Å². The second-order valence-corrected chi connectivity index (χ2v) is 7.59. The van der Waals surface area contributed by atoms with Crippen LogP contribution in [0.2, 0.25) is 5.02 Å². The van der Waals surface area contributed by atoms with Crippen LogP contribution in [0, 0.1) is 13.8 Å². The Morgan fingerprint density at radius 1 is 1.21 bits per heavy atom. The zero-order valence-corrected chi connectivity index (χ0v) is 16.8. The minimum Gasteiger partial charge on any atom is -0.323 e. The minimum absolute atomic E-state index is 0.0880. The number of halogens is 1. The fourth-order valence-corrected chi connectivity index (χ4v) is 4.09. The molecule has 1 aromatic heterocycles. The molecule has 1 aliphatic rings. The normalized spacial score (nSPS) is 15.4. The maximum atomic E-state index is 13.2. The van der Waals surface area contributed by atoms with Gasteiger partial charge in [0.25, 0.3) is 5.91 Å². The quantitative estimate of drug-likeness (QED) is 0.675. The van der Waals surface area contributed by atoms with Gasteiger partial charge in [0.1, 0.15) is 5.69 Å². The molecule has 2 aromatic carbocycles. The molecule has 28 heavy (non-hydrogen) atoms. The Labute approximate surface area is 169 Å². The second kappa shape index (κ2) is 7.24. The highest BCUT2D eigenvalue weighted by atomic mass is 35.5. The van der Waals surface area contributed by atoms with Gasteiger partial charge in [0, 0.05) is 17.9 Å². The standard InChI is InChI=1S/C22H21ClN4O/c1-13-10-14(2)20(17(23)11-13)26-22-24-9-8-18(25-22)21(28)27-15(3)12-16-6-4-5-7-19(16)27/h4-11,15H,12H2,1-3H3,(H,24,25,26). The molecule has 1 aliphatic heterocycles. The molecule has 6 heteroatoms. The lowest BCUT2D eigenvalue weighted by Crippen LogP contribution is -2.36. The lowest BCUT2D eigenvalue weighted by atomic mass is 10.1. The molecule has 1 unspecified atom stereocenters. The Morgan fingerprint density at radius 3 is 2.79 bits per heavy atom. The van der Waals surface area contributed by atoms with Gasteiger partial charge in [-0.2, -0.15) is 0 Å². The second-order valence-electron chi connectivity index (χ2n) is 7.19. The van der Waals surface area contributed by atoms with Crippen LogP contribution in [-0.2, 0) is 6.42 Å². The third-order valence-electron chi connectivity index (χ3n) is 4.97. The number of hydrogen-bond acceptors (Lipinski definition) is 4. The number of nitrogens with one attached hydrogen (secondary N) is 1. The van der Waals surface area contributed by atoms with E-state index in [4.69, 9.17) is 11.6 Å². The molecule has 0 spiro atoms. The molecule has 3 aromatic rings. The van der Waals surface area contributed by atoms with E-state index in [-0.39, 0.29) is 11.9 Å². The summed E-state index contributed by atoms with van der Waals surface area (Å²) in [5.41, 5.74) is 5.30. The molecule has 0 saturated carbocycles. The highest BCUT2D eigenvalue weighted by Gasteiger charge is 2.32. The Hall–Kier alpha value is -2.92. The molecular weight excluding hydrogens is 372 g/mol. The van der Waals surface area contributed by atoms with Crippen molar-refractivity contribution < 1.29 is 4.79 Å². The Morgan fingerprint density at radius 2 is 2.00 bits per heavy atom. The third kappa shape index (κ3) is 3.34. The van der Waals surface area contributed by atoms with Crippen LogP contribution in [0.1, 0.15) is 34.1 Å². The fraction of sp³-hybridized carbons (Fsp3) is 0.227. The van der Waals surface area contributed by atoms with Gasteiger partial charge in [-0.3, -0.25) is 4.79 Å². The number of nitrogens with zero attached hydrogens (tertiary/aromatic N) is 3. The van der Waals surface area contributed by atoms with E-state index in [9.17, 15) is 4.79 Å². The van der Waals surface area contributed by atoms with Gasteiger partial charge < -0.3 is 10.2 Å². The van der Waals surface area contributed by atoms with Gasteiger partial charge in [0.15, 0.2) is 0 Å². The van der Waals surface area contributed by atoms with Crippen LogP contribution in [0.4, 0.5) is 17.3 Å². The first-order valence-electron chi connectivity index (χ1n) is 9.22. The van der Waals surface area contributed by atoms with Crippen molar-refractivity contribution in [2.24, 2.45) is 0 Å². The number of carbonyl (C=O) groups excluding carboxylic acids is 1. The molecule has 0 bridgehead atoms. The first-order valence-corrected chi connectivity index (χ1v) is 9.60. The van der Waals surface area contributed by atoms with Crippen molar-refractivity contribution in [3.05, 3.63) is 76.1 Å². The minimum atomic E-state index is -0.130. The van der Waals surface area contributed by atoms with E-state index in [2.05, 4.69) is 21.4 Å². The Kier molecular flexibility index (Phi) is 4.77. The fourth-order valence-electron chi connectivity index (χ4n) is 3.72. The zero-order chi connectivity index (χ0) is 19.8. The lowest BCUT2D eigenvalue weighted by Gasteiger charge is -2.22. The summed E-state index contributed by atoms with van der Waals surface area (Å²) in [7, 11) is 0.